The second-order valence-electron chi connectivity index (χ2n) is 7.11. The van der Waals surface area contributed by atoms with E-state index in [1.165, 1.54) is 0 Å². The largest absolute Gasteiger partial charge is 0.448 e. The van der Waals surface area contributed by atoms with Gasteiger partial charge >= 0.3 is 5.97 Å². The van der Waals surface area contributed by atoms with E-state index in [9.17, 15) is 14.4 Å². The highest BCUT2D eigenvalue weighted by atomic mass is 16.5. The second-order valence-corrected chi connectivity index (χ2v) is 7.11. The number of para-hydroxylation sites is 1. The van der Waals surface area contributed by atoms with Gasteiger partial charge in [0.05, 0.1) is 16.8 Å². The molecule has 150 valence electrons. The van der Waals surface area contributed by atoms with Crippen LogP contribution in [0.5, 0.6) is 0 Å². The van der Waals surface area contributed by atoms with Crippen molar-refractivity contribution in [2.45, 2.75) is 19.4 Å². The number of nitrogens with one attached hydrogen (secondary N) is 2. The van der Waals surface area contributed by atoms with E-state index in [1.807, 2.05) is 31.2 Å². The van der Waals surface area contributed by atoms with E-state index in [0.29, 0.717) is 22.5 Å². The Morgan fingerprint density at radius 3 is 2.53 bits per heavy atom. The van der Waals surface area contributed by atoms with Gasteiger partial charge in [-0.2, -0.15) is 0 Å². The maximum atomic E-state index is 12.8. The Morgan fingerprint density at radius 1 is 0.933 bits per heavy atom. The van der Waals surface area contributed by atoms with E-state index in [0.717, 1.165) is 11.1 Å². The first-order chi connectivity index (χ1) is 14.5. The number of hydrogen-bond acceptors (Lipinski definition) is 4. The van der Waals surface area contributed by atoms with Gasteiger partial charge < -0.3 is 15.4 Å². The summed E-state index contributed by atoms with van der Waals surface area (Å²) in [5, 5.41) is 5.57. The molecule has 2 amide bonds. The van der Waals surface area contributed by atoms with Crippen molar-refractivity contribution in [1.29, 1.82) is 0 Å². The lowest BCUT2D eigenvalue weighted by Crippen LogP contribution is -2.38. The first-order valence-electron chi connectivity index (χ1n) is 9.58. The van der Waals surface area contributed by atoms with Crippen LogP contribution in [0.4, 0.5) is 11.4 Å². The number of fused-ring (bicyclic) bond motifs is 1. The summed E-state index contributed by atoms with van der Waals surface area (Å²) in [6, 6.07) is 21.2. The molecule has 0 radical (unpaired) electrons. The van der Waals surface area contributed by atoms with Crippen LogP contribution < -0.4 is 10.6 Å². The van der Waals surface area contributed by atoms with Crippen molar-refractivity contribution in [2.75, 3.05) is 10.6 Å². The van der Waals surface area contributed by atoms with Gasteiger partial charge in [-0.1, -0.05) is 42.5 Å². The number of amides is 2. The third-order valence-electron chi connectivity index (χ3n) is 4.89. The van der Waals surface area contributed by atoms with Gasteiger partial charge in [-0.15, -0.1) is 0 Å². The highest BCUT2D eigenvalue weighted by Crippen LogP contribution is 2.23. The Balaban J connectivity index is 1.51. The van der Waals surface area contributed by atoms with Gasteiger partial charge in [-0.05, 0) is 48.4 Å². The van der Waals surface area contributed by atoms with Crippen molar-refractivity contribution >= 4 is 29.2 Å². The van der Waals surface area contributed by atoms with Crippen LogP contribution in [0.15, 0.2) is 72.8 Å². The molecule has 1 heterocycles. The molecule has 3 aromatic carbocycles. The molecule has 0 saturated carbocycles. The maximum Gasteiger partial charge on any atom is 0.339 e. The van der Waals surface area contributed by atoms with E-state index < -0.39 is 18.0 Å². The molecule has 0 aliphatic carbocycles. The minimum absolute atomic E-state index is 0.283. The Hall–Kier alpha value is -3.93. The Bertz CT molecular complexity index is 1140. The molecule has 0 bridgehead atoms. The van der Waals surface area contributed by atoms with E-state index in [4.69, 9.17) is 4.74 Å². The Kier molecular flexibility index (Phi) is 5.30. The van der Waals surface area contributed by atoms with E-state index in [-0.39, 0.29) is 12.3 Å². The van der Waals surface area contributed by atoms with Gasteiger partial charge in [-0.25, -0.2) is 4.79 Å². The van der Waals surface area contributed by atoms with Gasteiger partial charge in [0.15, 0.2) is 6.10 Å². The second kappa shape index (κ2) is 8.21. The minimum atomic E-state index is -0.958. The van der Waals surface area contributed by atoms with Crippen LogP contribution in [0.25, 0.3) is 0 Å². The molecule has 0 fully saturated rings. The highest BCUT2D eigenvalue weighted by Gasteiger charge is 2.31. The zero-order valence-electron chi connectivity index (χ0n) is 16.3. The van der Waals surface area contributed by atoms with Crippen molar-refractivity contribution in [3.63, 3.8) is 0 Å². The summed E-state index contributed by atoms with van der Waals surface area (Å²) in [5.74, 6) is -1.35. The van der Waals surface area contributed by atoms with Crippen molar-refractivity contribution in [2.24, 2.45) is 0 Å². The molecule has 1 unspecified atom stereocenters. The lowest BCUT2D eigenvalue weighted by molar-refractivity contribution is -0.125. The van der Waals surface area contributed by atoms with Crippen LogP contribution in [0.2, 0.25) is 0 Å². The van der Waals surface area contributed by atoms with Crippen LogP contribution in [0.3, 0.4) is 0 Å². The Morgan fingerprint density at radius 2 is 1.70 bits per heavy atom. The zero-order valence-corrected chi connectivity index (χ0v) is 16.3. The molecule has 30 heavy (non-hydrogen) atoms. The van der Waals surface area contributed by atoms with Gasteiger partial charge in [-0.3, -0.25) is 9.59 Å². The maximum absolute atomic E-state index is 12.8. The molecule has 1 aliphatic rings. The van der Waals surface area contributed by atoms with Crippen LogP contribution >= 0.6 is 0 Å². The average Bonchev–Trinajstić information content (AvgIpc) is 2.74. The summed E-state index contributed by atoms with van der Waals surface area (Å²) in [4.78, 5) is 37.7. The van der Waals surface area contributed by atoms with Crippen molar-refractivity contribution in [1.82, 2.24) is 0 Å². The van der Waals surface area contributed by atoms with Gasteiger partial charge in [0, 0.05) is 12.1 Å². The summed E-state index contributed by atoms with van der Waals surface area (Å²) >= 11 is 0. The molecule has 6 nitrogen and oxygen atoms in total. The van der Waals surface area contributed by atoms with E-state index in [1.54, 1.807) is 48.5 Å². The van der Waals surface area contributed by atoms with Crippen LogP contribution in [-0.4, -0.2) is 23.9 Å². The standard InChI is InChI=1S/C24H20N2O4/c1-15-7-6-9-17(13-15)25-22(27)19-11-4-5-12-20(19)26-23(28)21-14-16-8-2-3-10-18(16)24(29)30-21/h2-13,21H,14H2,1H3,(H,25,27)(H,26,28). The summed E-state index contributed by atoms with van der Waals surface area (Å²) in [7, 11) is 0. The fraction of sp³-hybridized carbons (Fsp3) is 0.125. The number of anilines is 2. The number of benzene rings is 3. The molecule has 2 N–H and O–H groups in total. The van der Waals surface area contributed by atoms with Crippen molar-refractivity contribution in [3.05, 3.63) is 95.1 Å². The minimum Gasteiger partial charge on any atom is -0.448 e. The molecule has 1 aliphatic heterocycles. The number of carbonyl (C=O) groups is 3. The summed E-state index contributed by atoms with van der Waals surface area (Å²) in [6.45, 7) is 1.94. The van der Waals surface area contributed by atoms with E-state index >= 15 is 0 Å². The summed E-state index contributed by atoms with van der Waals surface area (Å²) < 4.78 is 5.30. The number of carbonyl (C=O) groups excluding carboxylic acids is 3. The first kappa shape index (κ1) is 19.4. The predicted octanol–water partition coefficient (Wildman–Crippen LogP) is 3.97. The number of esters is 1. The predicted molar refractivity (Wildman–Crippen MR) is 114 cm³/mol. The number of aryl methyl sites for hydroxylation is 1. The van der Waals surface area contributed by atoms with Crippen molar-refractivity contribution in [3.8, 4) is 0 Å². The highest BCUT2D eigenvalue weighted by molar-refractivity contribution is 6.10. The molecule has 0 aromatic heterocycles. The molecule has 6 heteroatoms. The topological polar surface area (TPSA) is 84.5 Å². The lowest BCUT2D eigenvalue weighted by Gasteiger charge is -2.24. The molecular weight excluding hydrogens is 380 g/mol. The van der Waals surface area contributed by atoms with Crippen LogP contribution in [0, 0.1) is 6.92 Å². The van der Waals surface area contributed by atoms with Crippen LogP contribution in [0.1, 0.15) is 31.8 Å². The number of hydrogen-bond donors (Lipinski definition) is 2. The quantitative estimate of drug-likeness (QED) is 0.649. The number of ether oxygens (including phenoxy) is 1. The van der Waals surface area contributed by atoms with Gasteiger partial charge in [0.2, 0.25) is 0 Å². The van der Waals surface area contributed by atoms with Crippen LogP contribution in [-0.2, 0) is 16.0 Å². The first-order valence-corrected chi connectivity index (χ1v) is 9.58. The molecular formula is C24H20N2O4. The SMILES string of the molecule is Cc1cccc(NC(=O)c2ccccc2NC(=O)C2Cc3ccccc3C(=O)O2)c1. The van der Waals surface area contributed by atoms with E-state index in [2.05, 4.69) is 10.6 Å². The molecule has 0 saturated heterocycles. The smallest absolute Gasteiger partial charge is 0.339 e. The lowest BCUT2D eigenvalue weighted by atomic mass is 9.98. The molecule has 0 spiro atoms. The normalized spacial score (nSPS) is 15.0. The molecule has 3 aromatic rings. The number of rotatable bonds is 4. The molecule has 1 atom stereocenters. The summed E-state index contributed by atoms with van der Waals surface area (Å²) in [6.07, 6.45) is -0.675. The average molecular weight is 400 g/mol. The third kappa shape index (κ3) is 4.07. The monoisotopic (exact) mass is 400 g/mol. The Labute approximate surface area is 173 Å². The molecule has 4 rings (SSSR count). The summed E-state index contributed by atoms with van der Waals surface area (Å²) in [5.41, 5.74) is 3.59. The zero-order chi connectivity index (χ0) is 21.1. The van der Waals surface area contributed by atoms with Gasteiger partial charge in [0.1, 0.15) is 0 Å². The number of cyclic esters (lactones) is 1. The van der Waals surface area contributed by atoms with Crippen molar-refractivity contribution < 1.29 is 19.1 Å². The van der Waals surface area contributed by atoms with Gasteiger partial charge in [0.25, 0.3) is 11.8 Å². The fourth-order valence-electron chi connectivity index (χ4n) is 3.40. The third-order valence-corrected chi connectivity index (χ3v) is 4.89. The fourth-order valence-corrected chi connectivity index (χ4v) is 3.40.